The molecule has 2 heteroatoms. The monoisotopic (exact) mass is 151 g/mol. The first kappa shape index (κ1) is 6.80. The number of rotatable bonds is 1. The van der Waals surface area contributed by atoms with Crippen LogP contribution in [0.15, 0.2) is 24.3 Å². The smallest absolute Gasteiger partial charge is 0.127 e. The lowest BCUT2D eigenvalue weighted by Crippen LogP contribution is -2.35. The molecule has 11 heavy (non-hydrogen) atoms. The van der Waals surface area contributed by atoms with Crippen LogP contribution < -0.4 is 5.32 Å². The molecule has 1 fully saturated rings. The standard InChI is InChI=1S/C9H10FN/c10-8-4-2-1-3-7(8)9-5-6-11-9/h1-4,9,11H,5-6H2/t9-/m0/s1. The van der Waals surface area contributed by atoms with Crippen molar-refractivity contribution in [3.63, 3.8) is 0 Å². The average molecular weight is 151 g/mol. The Bertz CT molecular complexity index is 255. The van der Waals surface area contributed by atoms with Gasteiger partial charge in [-0.05, 0) is 19.0 Å². The lowest BCUT2D eigenvalue weighted by Gasteiger charge is -2.28. The van der Waals surface area contributed by atoms with Crippen molar-refractivity contribution < 1.29 is 4.39 Å². The second kappa shape index (κ2) is 2.62. The van der Waals surface area contributed by atoms with Gasteiger partial charge in [-0.3, -0.25) is 0 Å². The van der Waals surface area contributed by atoms with Crippen molar-refractivity contribution in [1.82, 2.24) is 5.32 Å². The molecule has 0 unspecified atom stereocenters. The van der Waals surface area contributed by atoms with Crippen LogP contribution in [0.2, 0.25) is 0 Å². The van der Waals surface area contributed by atoms with Gasteiger partial charge in [0, 0.05) is 11.6 Å². The Kier molecular flexibility index (Phi) is 1.62. The van der Waals surface area contributed by atoms with E-state index >= 15 is 0 Å². The second-order valence-electron chi connectivity index (χ2n) is 2.82. The average Bonchev–Trinajstić information content (AvgIpc) is 1.90. The molecular formula is C9H10FN. The predicted octanol–water partition coefficient (Wildman–Crippen LogP) is 1.86. The van der Waals surface area contributed by atoms with Crippen LogP contribution in [-0.2, 0) is 0 Å². The Hall–Kier alpha value is -0.890. The Balaban J connectivity index is 2.28. The fourth-order valence-corrected chi connectivity index (χ4v) is 1.31. The Morgan fingerprint density at radius 3 is 2.64 bits per heavy atom. The number of nitrogens with one attached hydrogen (secondary N) is 1. The van der Waals surface area contributed by atoms with Gasteiger partial charge in [0.25, 0.3) is 0 Å². The van der Waals surface area contributed by atoms with Gasteiger partial charge in [-0.1, -0.05) is 18.2 Å². The molecule has 1 N–H and O–H groups in total. The van der Waals surface area contributed by atoms with Crippen LogP contribution >= 0.6 is 0 Å². The highest BCUT2D eigenvalue weighted by Crippen LogP contribution is 2.24. The quantitative estimate of drug-likeness (QED) is 0.646. The molecule has 1 aliphatic rings. The predicted molar refractivity (Wildman–Crippen MR) is 41.8 cm³/mol. The van der Waals surface area contributed by atoms with Gasteiger partial charge >= 0.3 is 0 Å². The van der Waals surface area contributed by atoms with Gasteiger partial charge in [0.05, 0.1) is 0 Å². The fraction of sp³-hybridized carbons (Fsp3) is 0.333. The topological polar surface area (TPSA) is 12.0 Å². The molecule has 0 saturated carbocycles. The summed E-state index contributed by atoms with van der Waals surface area (Å²) in [7, 11) is 0. The zero-order valence-electron chi connectivity index (χ0n) is 6.18. The van der Waals surface area contributed by atoms with Crippen LogP contribution in [0.3, 0.4) is 0 Å². The van der Waals surface area contributed by atoms with E-state index in [0.717, 1.165) is 18.5 Å². The van der Waals surface area contributed by atoms with Crippen molar-refractivity contribution in [3.05, 3.63) is 35.6 Å². The van der Waals surface area contributed by atoms with Crippen LogP contribution in [0.4, 0.5) is 4.39 Å². The van der Waals surface area contributed by atoms with E-state index in [1.165, 1.54) is 6.07 Å². The summed E-state index contributed by atoms with van der Waals surface area (Å²) in [4.78, 5) is 0. The largest absolute Gasteiger partial charge is 0.310 e. The van der Waals surface area contributed by atoms with Crippen LogP contribution in [0.5, 0.6) is 0 Å². The zero-order chi connectivity index (χ0) is 7.68. The molecule has 58 valence electrons. The summed E-state index contributed by atoms with van der Waals surface area (Å²) in [5, 5.41) is 3.16. The molecule has 0 radical (unpaired) electrons. The van der Waals surface area contributed by atoms with Gasteiger partial charge in [-0.15, -0.1) is 0 Å². The number of halogens is 1. The Morgan fingerprint density at radius 1 is 1.36 bits per heavy atom. The third-order valence-corrected chi connectivity index (χ3v) is 2.10. The van der Waals surface area contributed by atoms with E-state index in [2.05, 4.69) is 5.32 Å². The summed E-state index contributed by atoms with van der Waals surface area (Å²) in [6.07, 6.45) is 1.06. The fourth-order valence-electron chi connectivity index (χ4n) is 1.31. The summed E-state index contributed by atoms with van der Waals surface area (Å²) in [5.74, 6) is -0.0929. The molecule has 1 heterocycles. The van der Waals surface area contributed by atoms with E-state index in [1.807, 2.05) is 12.1 Å². The number of benzene rings is 1. The van der Waals surface area contributed by atoms with E-state index in [1.54, 1.807) is 6.07 Å². The third kappa shape index (κ3) is 1.14. The maximum Gasteiger partial charge on any atom is 0.127 e. The van der Waals surface area contributed by atoms with Crippen molar-refractivity contribution in [2.24, 2.45) is 0 Å². The summed E-state index contributed by atoms with van der Waals surface area (Å²) in [5.41, 5.74) is 0.804. The molecule has 1 atom stereocenters. The minimum absolute atomic E-state index is 0.0929. The highest BCUT2D eigenvalue weighted by atomic mass is 19.1. The van der Waals surface area contributed by atoms with Crippen molar-refractivity contribution in [1.29, 1.82) is 0 Å². The van der Waals surface area contributed by atoms with Crippen LogP contribution in [0.25, 0.3) is 0 Å². The maximum atomic E-state index is 13.0. The van der Waals surface area contributed by atoms with E-state index in [9.17, 15) is 4.39 Å². The van der Waals surface area contributed by atoms with Crippen LogP contribution in [0, 0.1) is 5.82 Å². The second-order valence-corrected chi connectivity index (χ2v) is 2.82. The molecule has 0 spiro atoms. The minimum Gasteiger partial charge on any atom is -0.310 e. The van der Waals surface area contributed by atoms with Crippen molar-refractivity contribution in [2.75, 3.05) is 6.54 Å². The Labute approximate surface area is 65.2 Å². The van der Waals surface area contributed by atoms with Gasteiger partial charge in [-0.25, -0.2) is 4.39 Å². The molecule has 0 amide bonds. The molecule has 1 aromatic rings. The first-order valence-electron chi connectivity index (χ1n) is 3.86. The van der Waals surface area contributed by atoms with Gasteiger partial charge in [0.15, 0.2) is 0 Å². The van der Waals surface area contributed by atoms with Crippen molar-refractivity contribution >= 4 is 0 Å². The first-order chi connectivity index (χ1) is 5.38. The van der Waals surface area contributed by atoms with E-state index in [-0.39, 0.29) is 11.9 Å². The van der Waals surface area contributed by atoms with Gasteiger partial charge in [-0.2, -0.15) is 0 Å². The zero-order valence-corrected chi connectivity index (χ0v) is 6.18. The van der Waals surface area contributed by atoms with E-state index in [4.69, 9.17) is 0 Å². The number of hydrogen-bond acceptors (Lipinski definition) is 1. The number of hydrogen-bond donors (Lipinski definition) is 1. The SMILES string of the molecule is Fc1ccccc1[C@@H]1CCN1. The molecule has 0 aromatic heterocycles. The van der Waals surface area contributed by atoms with Gasteiger partial charge in [0.1, 0.15) is 5.82 Å². The lowest BCUT2D eigenvalue weighted by atomic mass is 9.98. The van der Waals surface area contributed by atoms with Crippen molar-refractivity contribution in [3.8, 4) is 0 Å². The molecule has 1 nitrogen and oxygen atoms in total. The summed E-state index contributed by atoms with van der Waals surface area (Å²) < 4.78 is 13.0. The summed E-state index contributed by atoms with van der Waals surface area (Å²) >= 11 is 0. The Morgan fingerprint density at radius 2 is 2.09 bits per heavy atom. The van der Waals surface area contributed by atoms with Gasteiger partial charge < -0.3 is 5.32 Å². The highest BCUT2D eigenvalue weighted by Gasteiger charge is 2.20. The molecule has 1 aliphatic heterocycles. The molecule has 1 aromatic carbocycles. The summed E-state index contributed by atoms with van der Waals surface area (Å²) in [6, 6.07) is 7.20. The lowest BCUT2D eigenvalue weighted by molar-refractivity contribution is 0.370. The van der Waals surface area contributed by atoms with Crippen LogP contribution in [-0.4, -0.2) is 6.54 Å². The van der Waals surface area contributed by atoms with Gasteiger partial charge in [0.2, 0.25) is 0 Å². The molecule has 0 aliphatic carbocycles. The normalized spacial score (nSPS) is 22.8. The van der Waals surface area contributed by atoms with E-state index < -0.39 is 0 Å². The minimum atomic E-state index is -0.0929. The molecule has 2 rings (SSSR count). The summed E-state index contributed by atoms with van der Waals surface area (Å²) in [6.45, 7) is 1.01. The third-order valence-electron chi connectivity index (χ3n) is 2.10. The van der Waals surface area contributed by atoms with E-state index in [0.29, 0.717) is 0 Å². The highest BCUT2D eigenvalue weighted by molar-refractivity contribution is 5.22. The first-order valence-corrected chi connectivity index (χ1v) is 3.86. The van der Waals surface area contributed by atoms with Crippen molar-refractivity contribution in [2.45, 2.75) is 12.5 Å². The molecule has 0 bridgehead atoms. The molecule has 1 saturated heterocycles. The van der Waals surface area contributed by atoms with Crippen LogP contribution in [0.1, 0.15) is 18.0 Å². The maximum absolute atomic E-state index is 13.0. The molecular weight excluding hydrogens is 141 g/mol.